The van der Waals surface area contributed by atoms with E-state index in [1.807, 2.05) is 6.92 Å². The van der Waals surface area contributed by atoms with E-state index in [2.05, 4.69) is 16.0 Å². The summed E-state index contributed by atoms with van der Waals surface area (Å²) in [6, 6.07) is 6.93. The number of imide groups is 1. The summed E-state index contributed by atoms with van der Waals surface area (Å²) < 4.78 is 9.96. The number of ether oxygens (including phenoxy) is 1. The molecule has 1 aromatic carbocycles. The smallest absolute Gasteiger partial charge is 0.338 e. The predicted molar refractivity (Wildman–Crippen MR) is 105 cm³/mol. The van der Waals surface area contributed by atoms with Gasteiger partial charge in [-0.3, -0.25) is 14.9 Å². The van der Waals surface area contributed by atoms with Crippen LogP contribution in [0.1, 0.15) is 46.7 Å². The van der Waals surface area contributed by atoms with Gasteiger partial charge in [-0.1, -0.05) is 13.0 Å². The molecule has 2 rings (SSSR count). The van der Waals surface area contributed by atoms with Crippen LogP contribution >= 0.6 is 0 Å². The minimum atomic E-state index is -0.768. The predicted octanol–water partition coefficient (Wildman–Crippen LogP) is 2.62. The number of anilines is 1. The zero-order valence-corrected chi connectivity index (χ0v) is 16.4. The number of rotatable bonds is 7. The van der Waals surface area contributed by atoms with Crippen LogP contribution in [0.15, 0.2) is 41.0 Å². The Kier molecular flexibility index (Phi) is 7.53. The van der Waals surface area contributed by atoms with Gasteiger partial charge in [0.1, 0.15) is 0 Å². The first kappa shape index (κ1) is 21.7. The Hall–Kier alpha value is -3.62. The van der Waals surface area contributed by atoms with Gasteiger partial charge >= 0.3 is 12.0 Å². The lowest BCUT2D eigenvalue weighted by Gasteiger charge is -2.12. The Morgan fingerprint density at radius 1 is 1.17 bits per heavy atom. The highest BCUT2D eigenvalue weighted by molar-refractivity contribution is 6.03. The lowest BCUT2D eigenvalue weighted by atomic mass is 10.1. The highest BCUT2D eigenvalue weighted by atomic mass is 16.5. The van der Waals surface area contributed by atoms with Crippen LogP contribution in [0.4, 0.5) is 10.5 Å². The molecule has 0 aliphatic carbocycles. The highest BCUT2D eigenvalue weighted by Crippen LogP contribution is 2.19. The fourth-order valence-electron chi connectivity index (χ4n) is 2.21. The standard InChI is InChI=1S/C20H23N3O6/c1-4-13(3)21-20(27)23-17(24)11-29-19(26)14-8-7-12(2)15(10-14)22-18(25)16-6-5-9-28-16/h5-10,13H,4,11H2,1-3H3,(H,22,25)(H2,21,23,24,27)/t13-/m1/s1. The quantitative estimate of drug-likeness (QED) is 0.612. The van der Waals surface area contributed by atoms with E-state index in [4.69, 9.17) is 9.15 Å². The number of benzene rings is 1. The van der Waals surface area contributed by atoms with Crippen molar-refractivity contribution in [3.63, 3.8) is 0 Å². The van der Waals surface area contributed by atoms with Gasteiger partial charge in [0, 0.05) is 11.7 Å². The van der Waals surface area contributed by atoms with Crippen molar-refractivity contribution in [2.75, 3.05) is 11.9 Å². The molecule has 0 saturated heterocycles. The normalized spacial score (nSPS) is 11.3. The lowest BCUT2D eigenvalue weighted by molar-refractivity contribution is -0.123. The number of aryl methyl sites for hydroxylation is 1. The molecule has 0 spiro atoms. The van der Waals surface area contributed by atoms with Gasteiger partial charge in [0.25, 0.3) is 11.8 Å². The number of hydrogen-bond acceptors (Lipinski definition) is 6. The van der Waals surface area contributed by atoms with Crippen molar-refractivity contribution < 1.29 is 28.3 Å². The van der Waals surface area contributed by atoms with Crippen molar-refractivity contribution in [1.29, 1.82) is 0 Å². The SMILES string of the molecule is CC[C@@H](C)NC(=O)NC(=O)COC(=O)c1ccc(C)c(NC(=O)c2ccco2)c1. The molecule has 3 N–H and O–H groups in total. The third-order valence-electron chi connectivity index (χ3n) is 4.04. The van der Waals surface area contributed by atoms with Crippen LogP contribution in [0.5, 0.6) is 0 Å². The van der Waals surface area contributed by atoms with Gasteiger partial charge in [-0.15, -0.1) is 0 Å². The number of carbonyl (C=O) groups excluding carboxylic acids is 4. The fourth-order valence-corrected chi connectivity index (χ4v) is 2.21. The van der Waals surface area contributed by atoms with Gasteiger partial charge in [0.05, 0.1) is 11.8 Å². The Bertz CT molecular complexity index is 892. The molecule has 0 bridgehead atoms. The molecule has 0 aliphatic heterocycles. The third-order valence-corrected chi connectivity index (χ3v) is 4.04. The van der Waals surface area contributed by atoms with Gasteiger partial charge in [-0.25, -0.2) is 9.59 Å². The summed E-state index contributed by atoms with van der Waals surface area (Å²) in [4.78, 5) is 47.6. The third kappa shape index (κ3) is 6.49. The molecule has 29 heavy (non-hydrogen) atoms. The second-order valence-electron chi connectivity index (χ2n) is 6.37. The number of esters is 1. The molecular formula is C20H23N3O6. The summed E-state index contributed by atoms with van der Waals surface area (Å²) in [5, 5.41) is 7.29. The molecule has 9 heteroatoms. The highest BCUT2D eigenvalue weighted by Gasteiger charge is 2.16. The van der Waals surface area contributed by atoms with E-state index in [1.54, 1.807) is 26.0 Å². The molecule has 0 unspecified atom stereocenters. The van der Waals surface area contributed by atoms with Crippen molar-refractivity contribution in [2.24, 2.45) is 0 Å². The summed E-state index contributed by atoms with van der Waals surface area (Å²) in [5.41, 5.74) is 1.27. The van der Waals surface area contributed by atoms with Crippen LogP contribution in [0.25, 0.3) is 0 Å². The number of amides is 4. The molecule has 1 atom stereocenters. The van der Waals surface area contributed by atoms with E-state index in [0.29, 0.717) is 12.1 Å². The van der Waals surface area contributed by atoms with Crippen molar-refractivity contribution in [3.8, 4) is 0 Å². The summed E-state index contributed by atoms with van der Waals surface area (Å²) >= 11 is 0. The van der Waals surface area contributed by atoms with Crippen molar-refractivity contribution in [1.82, 2.24) is 10.6 Å². The number of urea groups is 1. The van der Waals surface area contributed by atoms with Gasteiger partial charge in [0.15, 0.2) is 12.4 Å². The Morgan fingerprint density at radius 3 is 2.59 bits per heavy atom. The Balaban J connectivity index is 1.93. The van der Waals surface area contributed by atoms with Crippen LogP contribution in [-0.2, 0) is 9.53 Å². The molecule has 1 heterocycles. The van der Waals surface area contributed by atoms with Crippen LogP contribution in [0.3, 0.4) is 0 Å². The van der Waals surface area contributed by atoms with Gasteiger partial charge in [-0.05, 0) is 50.1 Å². The number of nitrogens with one attached hydrogen (secondary N) is 3. The first-order valence-corrected chi connectivity index (χ1v) is 9.03. The molecule has 0 fully saturated rings. The molecule has 9 nitrogen and oxygen atoms in total. The maximum Gasteiger partial charge on any atom is 0.338 e. The first-order chi connectivity index (χ1) is 13.8. The maximum atomic E-state index is 12.2. The van der Waals surface area contributed by atoms with Gasteiger partial charge in [0.2, 0.25) is 0 Å². The summed E-state index contributed by atoms with van der Waals surface area (Å²) in [7, 11) is 0. The average molecular weight is 401 g/mol. The van der Waals surface area contributed by atoms with E-state index in [-0.39, 0.29) is 17.4 Å². The van der Waals surface area contributed by atoms with Crippen LogP contribution in [-0.4, -0.2) is 36.5 Å². The molecule has 1 aromatic heterocycles. The van der Waals surface area contributed by atoms with Gasteiger partial charge < -0.3 is 19.8 Å². The van der Waals surface area contributed by atoms with Gasteiger partial charge in [-0.2, -0.15) is 0 Å². The average Bonchev–Trinajstić information content (AvgIpc) is 3.22. The molecule has 154 valence electrons. The van der Waals surface area contributed by atoms with E-state index in [0.717, 1.165) is 5.56 Å². The van der Waals surface area contributed by atoms with Crippen molar-refractivity contribution in [3.05, 3.63) is 53.5 Å². The minimum Gasteiger partial charge on any atom is -0.459 e. The zero-order valence-electron chi connectivity index (χ0n) is 16.4. The van der Waals surface area contributed by atoms with Crippen LogP contribution in [0.2, 0.25) is 0 Å². The molecule has 0 aliphatic rings. The zero-order chi connectivity index (χ0) is 21.4. The number of carbonyl (C=O) groups is 4. The molecule has 0 radical (unpaired) electrons. The topological polar surface area (TPSA) is 127 Å². The lowest BCUT2D eigenvalue weighted by Crippen LogP contribution is -2.44. The Morgan fingerprint density at radius 2 is 1.93 bits per heavy atom. The Labute approximate surface area is 167 Å². The van der Waals surface area contributed by atoms with E-state index in [1.165, 1.54) is 24.5 Å². The molecule has 2 aromatic rings. The maximum absolute atomic E-state index is 12.2. The van der Waals surface area contributed by atoms with Crippen LogP contribution in [0, 0.1) is 6.92 Å². The first-order valence-electron chi connectivity index (χ1n) is 9.03. The second kappa shape index (κ2) is 10.1. The van der Waals surface area contributed by atoms with E-state index < -0.39 is 30.4 Å². The van der Waals surface area contributed by atoms with Crippen molar-refractivity contribution in [2.45, 2.75) is 33.2 Å². The number of hydrogen-bond donors (Lipinski definition) is 3. The van der Waals surface area contributed by atoms with Crippen LogP contribution < -0.4 is 16.0 Å². The minimum absolute atomic E-state index is 0.0901. The largest absolute Gasteiger partial charge is 0.459 e. The molecule has 4 amide bonds. The molecule has 0 saturated carbocycles. The second-order valence-corrected chi connectivity index (χ2v) is 6.37. The van der Waals surface area contributed by atoms with E-state index >= 15 is 0 Å². The summed E-state index contributed by atoms with van der Waals surface area (Å²) in [5.74, 6) is -1.85. The van der Waals surface area contributed by atoms with E-state index in [9.17, 15) is 19.2 Å². The molecular weight excluding hydrogens is 378 g/mol. The summed E-state index contributed by atoms with van der Waals surface area (Å²) in [6.07, 6.45) is 2.09. The number of furan rings is 1. The monoisotopic (exact) mass is 401 g/mol. The van der Waals surface area contributed by atoms with Crippen molar-refractivity contribution >= 4 is 29.5 Å². The fraction of sp³-hybridized carbons (Fsp3) is 0.300. The summed E-state index contributed by atoms with van der Waals surface area (Å²) in [6.45, 7) is 4.83.